The van der Waals surface area contributed by atoms with E-state index >= 15 is 0 Å². The van der Waals surface area contributed by atoms with Crippen molar-refractivity contribution in [2.75, 3.05) is 0 Å². The van der Waals surface area contributed by atoms with Gasteiger partial charge in [0.15, 0.2) is 0 Å². The summed E-state index contributed by atoms with van der Waals surface area (Å²) in [6.07, 6.45) is -4.61. The predicted octanol–water partition coefficient (Wildman–Crippen LogP) is 5.63. The number of nitrogens with one attached hydrogen (secondary N) is 1. The summed E-state index contributed by atoms with van der Waals surface area (Å²) in [4.78, 5) is 7.73. The van der Waals surface area contributed by atoms with E-state index in [1.54, 1.807) is 6.92 Å². The fourth-order valence-corrected chi connectivity index (χ4v) is 3.49. The van der Waals surface area contributed by atoms with Crippen molar-refractivity contribution in [3.05, 3.63) is 78.1 Å². The number of H-pyrrole nitrogens is 1. The van der Waals surface area contributed by atoms with Crippen LogP contribution in [0.5, 0.6) is 11.5 Å². The third-order valence-electron chi connectivity index (χ3n) is 4.81. The number of aromatic amines is 1. The van der Waals surface area contributed by atoms with E-state index in [-0.39, 0.29) is 12.4 Å². The first-order valence-corrected chi connectivity index (χ1v) is 10.0. The lowest BCUT2D eigenvalue weighted by Crippen LogP contribution is -2.16. The van der Waals surface area contributed by atoms with E-state index in [0.29, 0.717) is 18.0 Å². The molecule has 0 saturated carbocycles. The summed E-state index contributed by atoms with van der Waals surface area (Å²) in [5.41, 5.74) is 4.72. The van der Waals surface area contributed by atoms with Gasteiger partial charge in [-0.2, -0.15) is 0 Å². The zero-order chi connectivity index (χ0) is 22.7. The van der Waals surface area contributed by atoms with Gasteiger partial charge in [-0.25, -0.2) is 4.98 Å². The third kappa shape index (κ3) is 5.39. The summed E-state index contributed by atoms with van der Waals surface area (Å²) in [7, 11) is 0. The van der Waals surface area contributed by atoms with Gasteiger partial charge in [-0.3, -0.25) is 0 Å². The standard InChI is InChI=1S/C24H21F3N2O3/c1-15(30)12-16-4-2-3-5-20(16)17-6-11-21-22(13-17)29-23(28-21)14-31-18-7-9-19(10-8-18)32-24(25,26)27/h2-11,13,15,30H,12,14H2,1H3,(H,28,29). The van der Waals surface area contributed by atoms with Crippen LogP contribution in [0.2, 0.25) is 0 Å². The van der Waals surface area contributed by atoms with Crippen molar-refractivity contribution < 1.29 is 27.8 Å². The molecule has 0 saturated heterocycles. The maximum absolute atomic E-state index is 12.3. The van der Waals surface area contributed by atoms with E-state index in [1.807, 2.05) is 42.5 Å². The van der Waals surface area contributed by atoms with Crippen LogP contribution in [0, 0.1) is 0 Å². The van der Waals surface area contributed by atoms with Crippen LogP contribution in [0.25, 0.3) is 22.2 Å². The Kier molecular flexibility index (Phi) is 6.05. The van der Waals surface area contributed by atoms with E-state index < -0.39 is 12.5 Å². The molecule has 4 aromatic rings. The molecule has 1 unspecified atom stereocenters. The Morgan fingerprint density at radius 3 is 2.44 bits per heavy atom. The molecule has 0 radical (unpaired) electrons. The maximum atomic E-state index is 12.3. The van der Waals surface area contributed by atoms with Crippen molar-refractivity contribution in [2.24, 2.45) is 0 Å². The van der Waals surface area contributed by atoms with E-state index in [0.717, 1.165) is 27.7 Å². The lowest BCUT2D eigenvalue weighted by atomic mass is 9.96. The molecule has 1 heterocycles. The molecule has 0 amide bonds. The van der Waals surface area contributed by atoms with Crippen molar-refractivity contribution in [3.63, 3.8) is 0 Å². The smallest absolute Gasteiger partial charge is 0.486 e. The molecule has 0 aliphatic carbocycles. The minimum atomic E-state index is -4.73. The van der Waals surface area contributed by atoms with Crippen LogP contribution < -0.4 is 9.47 Å². The van der Waals surface area contributed by atoms with Crippen LogP contribution in [-0.4, -0.2) is 27.5 Å². The molecule has 166 valence electrons. The molecule has 2 N–H and O–H groups in total. The van der Waals surface area contributed by atoms with Gasteiger partial charge in [-0.1, -0.05) is 30.3 Å². The SMILES string of the molecule is CC(O)Cc1ccccc1-c1ccc2nc(COc3ccc(OC(F)(F)F)cc3)[nH]c2c1. The highest BCUT2D eigenvalue weighted by Gasteiger charge is 2.31. The molecule has 32 heavy (non-hydrogen) atoms. The first-order valence-electron chi connectivity index (χ1n) is 10.0. The van der Waals surface area contributed by atoms with Gasteiger partial charge in [0.05, 0.1) is 17.1 Å². The number of hydrogen-bond acceptors (Lipinski definition) is 4. The highest BCUT2D eigenvalue weighted by molar-refractivity contribution is 5.82. The topological polar surface area (TPSA) is 67.4 Å². The molecule has 0 spiro atoms. The second kappa shape index (κ2) is 8.92. The Morgan fingerprint density at radius 2 is 1.72 bits per heavy atom. The largest absolute Gasteiger partial charge is 0.573 e. The number of rotatable bonds is 7. The molecule has 5 nitrogen and oxygen atoms in total. The lowest BCUT2D eigenvalue weighted by molar-refractivity contribution is -0.274. The van der Waals surface area contributed by atoms with Crippen LogP contribution in [0.4, 0.5) is 13.2 Å². The molecule has 0 aliphatic heterocycles. The Morgan fingerprint density at radius 1 is 1.00 bits per heavy atom. The number of aromatic nitrogens is 2. The number of hydrogen-bond donors (Lipinski definition) is 2. The minimum Gasteiger partial charge on any atom is -0.486 e. The van der Waals surface area contributed by atoms with Crippen LogP contribution in [0.3, 0.4) is 0 Å². The van der Waals surface area contributed by atoms with E-state index in [4.69, 9.17) is 4.74 Å². The molecule has 8 heteroatoms. The monoisotopic (exact) mass is 442 g/mol. The molecule has 1 atom stereocenters. The number of ether oxygens (including phenoxy) is 2. The Labute approximate surface area is 182 Å². The summed E-state index contributed by atoms with van der Waals surface area (Å²) in [5, 5.41) is 9.78. The molecular formula is C24H21F3N2O3. The maximum Gasteiger partial charge on any atom is 0.573 e. The van der Waals surface area contributed by atoms with Gasteiger partial charge in [0, 0.05) is 0 Å². The van der Waals surface area contributed by atoms with Gasteiger partial charge in [0.2, 0.25) is 0 Å². The summed E-state index contributed by atoms with van der Waals surface area (Å²) >= 11 is 0. The Bertz CT molecular complexity index is 1200. The first-order chi connectivity index (χ1) is 15.3. The Balaban J connectivity index is 1.48. The average Bonchev–Trinajstić information content (AvgIpc) is 3.14. The van der Waals surface area contributed by atoms with Gasteiger partial charge in [-0.05, 0) is 66.4 Å². The van der Waals surface area contributed by atoms with E-state index in [2.05, 4.69) is 14.7 Å². The minimum absolute atomic E-state index is 0.127. The van der Waals surface area contributed by atoms with E-state index in [1.165, 1.54) is 24.3 Å². The van der Waals surface area contributed by atoms with Crippen LogP contribution in [0.15, 0.2) is 66.7 Å². The van der Waals surface area contributed by atoms with Crippen LogP contribution in [0.1, 0.15) is 18.3 Å². The summed E-state index contributed by atoms with van der Waals surface area (Å²) < 4.78 is 46.2. The van der Waals surface area contributed by atoms with Crippen LogP contribution >= 0.6 is 0 Å². The highest BCUT2D eigenvalue weighted by Crippen LogP contribution is 2.28. The van der Waals surface area contributed by atoms with Crippen molar-refractivity contribution in [3.8, 4) is 22.6 Å². The Hall–Kier alpha value is -3.52. The second-order valence-electron chi connectivity index (χ2n) is 7.43. The lowest BCUT2D eigenvalue weighted by Gasteiger charge is -2.11. The van der Waals surface area contributed by atoms with Crippen molar-refractivity contribution in [1.82, 2.24) is 9.97 Å². The number of alkyl halides is 3. The van der Waals surface area contributed by atoms with Crippen molar-refractivity contribution >= 4 is 11.0 Å². The molecular weight excluding hydrogens is 421 g/mol. The molecule has 0 fully saturated rings. The number of aliphatic hydroxyl groups is 1. The molecule has 1 aromatic heterocycles. The first kappa shape index (κ1) is 21.7. The average molecular weight is 442 g/mol. The van der Waals surface area contributed by atoms with Crippen LogP contribution in [-0.2, 0) is 13.0 Å². The summed E-state index contributed by atoms with van der Waals surface area (Å²) in [6.45, 7) is 1.89. The highest BCUT2D eigenvalue weighted by atomic mass is 19.4. The number of nitrogens with zero attached hydrogens (tertiary/aromatic N) is 1. The van der Waals surface area contributed by atoms with Gasteiger partial charge in [0.1, 0.15) is 23.9 Å². The fourth-order valence-electron chi connectivity index (χ4n) is 3.49. The zero-order valence-corrected chi connectivity index (χ0v) is 17.2. The number of fused-ring (bicyclic) bond motifs is 1. The van der Waals surface area contributed by atoms with Gasteiger partial charge >= 0.3 is 6.36 Å². The molecule has 0 aliphatic rings. The third-order valence-corrected chi connectivity index (χ3v) is 4.81. The van der Waals surface area contributed by atoms with Gasteiger partial charge < -0.3 is 19.6 Å². The zero-order valence-electron chi connectivity index (χ0n) is 17.2. The molecule has 0 bridgehead atoms. The number of imidazole rings is 1. The number of aliphatic hydroxyl groups excluding tert-OH is 1. The second-order valence-corrected chi connectivity index (χ2v) is 7.43. The summed E-state index contributed by atoms with van der Waals surface area (Å²) in [6, 6.07) is 19.0. The normalized spacial score (nSPS) is 12.7. The molecule has 4 rings (SSSR count). The van der Waals surface area contributed by atoms with Crippen molar-refractivity contribution in [2.45, 2.75) is 32.4 Å². The number of benzene rings is 3. The molecule has 3 aromatic carbocycles. The van der Waals surface area contributed by atoms with Crippen molar-refractivity contribution in [1.29, 1.82) is 0 Å². The van der Waals surface area contributed by atoms with E-state index in [9.17, 15) is 18.3 Å². The van der Waals surface area contributed by atoms with Gasteiger partial charge in [-0.15, -0.1) is 13.2 Å². The quantitative estimate of drug-likeness (QED) is 0.389. The number of halogens is 3. The fraction of sp³-hybridized carbons (Fsp3) is 0.208. The summed E-state index contributed by atoms with van der Waals surface area (Å²) in [5.74, 6) is 0.676. The van der Waals surface area contributed by atoms with Gasteiger partial charge in [0.25, 0.3) is 0 Å². The predicted molar refractivity (Wildman–Crippen MR) is 114 cm³/mol.